The number of carbonyl (C=O) groups excluding carboxylic acids is 1. The van der Waals surface area contributed by atoms with Gasteiger partial charge in [0, 0.05) is 17.9 Å². The summed E-state index contributed by atoms with van der Waals surface area (Å²) in [6.07, 6.45) is 0.958. The summed E-state index contributed by atoms with van der Waals surface area (Å²) in [5, 5.41) is 9.82. The third kappa shape index (κ3) is 4.34. The quantitative estimate of drug-likeness (QED) is 0.791. The molecule has 0 spiro atoms. The van der Waals surface area contributed by atoms with E-state index in [4.69, 9.17) is 9.26 Å². The standard InChI is InChI=1S/C13H17N3O3S/c1-3-18-12(17)5-4-10-8-20-13(15-10)14-7-11-6-9(2)19-16-11/h6,8H,3-5,7H2,1-2H3,(H,14,15). The lowest BCUT2D eigenvalue weighted by Gasteiger charge is -1.99. The van der Waals surface area contributed by atoms with Gasteiger partial charge in [-0.2, -0.15) is 0 Å². The lowest BCUT2D eigenvalue weighted by molar-refractivity contribution is -0.143. The van der Waals surface area contributed by atoms with E-state index in [0.29, 0.717) is 26.0 Å². The molecule has 0 aliphatic carbocycles. The molecule has 0 fully saturated rings. The molecule has 0 aliphatic heterocycles. The Morgan fingerprint density at radius 3 is 3.05 bits per heavy atom. The second-order valence-electron chi connectivity index (χ2n) is 4.23. The van der Waals surface area contributed by atoms with Crippen molar-refractivity contribution in [3.05, 3.63) is 28.6 Å². The molecule has 2 aromatic rings. The Kier molecular flexibility index (Phi) is 5.11. The van der Waals surface area contributed by atoms with Gasteiger partial charge < -0.3 is 14.6 Å². The summed E-state index contributed by atoms with van der Waals surface area (Å²) < 4.78 is 9.87. The molecule has 0 bridgehead atoms. The lowest BCUT2D eigenvalue weighted by atomic mass is 10.2. The number of hydrogen-bond acceptors (Lipinski definition) is 7. The van der Waals surface area contributed by atoms with E-state index in [1.54, 1.807) is 6.92 Å². The average Bonchev–Trinajstić information content (AvgIpc) is 3.03. The van der Waals surface area contributed by atoms with Gasteiger partial charge in [0.1, 0.15) is 11.5 Å². The lowest BCUT2D eigenvalue weighted by Crippen LogP contribution is -2.05. The van der Waals surface area contributed by atoms with Gasteiger partial charge in [0.25, 0.3) is 0 Å². The minimum atomic E-state index is -0.187. The molecule has 7 heteroatoms. The van der Waals surface area contributed by atoms with Crippen molar-refractivity contribution in [1.82, 2.24) is 10.1 Å². The fourth-order valence-electron chi connectivity index (χ4n) is 1.63. The van der Waals surface area contributed by atoms with Crippen LogP contribution in [-0.4, -0.2) is 22.7 Å². The molecule has 2 heterocycles. The number of hydrogen-bond donors (Lipinski definition) is 1. The maximum atomic E-state index is 11.3. The van der Waals surface area contributed by atoms with Crippen LogP contribution in [0, 0.1) is 6.92 Å². The number of aryl methyl sites for hydroxylation is 2. The third-order valence-corrected chi connectivity index (χ3v) is 3.39. The second-order valence-corrected chi connectivity index (χ2v) is 5.09. The fraction of sp³-hybridized carbons (Fsp3) is 0.462. The third-order valence-electron chi connectivity index (χ3n) is 2.54. The van der Waals surface area contributed by atoms with Crippen LogP contribution in [-0.2, 0) is 22.5 Å². The van der Waals surface area contributed by atoms with Gasteiger partial charge in [0.15, 0.2) is 5.13 Å². The van der Waals surface area contributed by atoms with Crippen molar-refractivity contribution >= 4 is 22.4 Å². The summed E-state index contributed by atoms with van der Waals surface area (Å²) in [5.74, 6) is 0.601. The smallest absolute Gasteiger partial charge is 0.306 e. The summed E-state index contributed by atoms with van der Waals surface area (Å²) in [6, 6.07) is 1.88. The first-order chi connectivity index (χ1) is 9.67. The van der Waals surface area contributed by atoms with Crippen molar-refractivity contribution in [3.63, 3.8) is 0 Å². The van der Waals surface area contributed by atoms with Crippen LogP contribution in [0.4, 0.5) is 5.13 Å². The molecule has 108 valence electrons. The zero-order chi connectivity index (χ0) is 14.4. The van der Waals surface area contributed by atoms with Gasteiger partial charge in [-0.05, 0) is 13.8 Å². The van der Waals surface area contributed by atoms with E-state index in [2.05, 4.69) is 15.5 Å². The van der Waals surface area contributed by atoms with Crippen molar-refractivity contribution in [1.29, 1.82) is 0 Å². The number of nitrogens with zero attached hydrogens (tertiary/aromatic N) is 2. The first-order valence-electron chi connectivity index (χ1n) is 6.43. The summed E-state index contributed by atoms with van der Waals surface area (Å²) >= 11 is 1.51. The summed E-state index contributed by atoms with van der Waals surface area (Å²) in [4.78, 5) is 15.7. The minimum absolute atomic E-state index is 0.187. The Labute approximate surface area is 121 Å². The van der Waals surface area contributed by atoms with Crippen molar-refractivity contribution < 1.29 is 14.1 Å². The normalized spacial score (nSPS) is 10.5. The van der Waals surface area contributed by atoms with E-state index >= 15 is 0 Å². The van der Waals surface area contributed by atoms with Crippen LogP contribution in [0.1, 0.15) is 30.5 Å². The van der Waals surface area contributed by atoms with Crippen molar-refractivity contribution in [2.75, 3.05) is 11.9 Å². The molecular weight excluding hydrogens is 278 g/mol. The number of esters is 1. The molecule has 1 N–H and O–H groups in total. The highest BCUT2D eigenvalue weighted by molar-refractivity contribution is 7.13. The molecule has 0 radical (unpaired) electrons. The summed E-state index contributed by atoms with van der Waals surface area (Å²) in [6.45, 7) is 4.64. The molecule has 0 aliphatic rings. The predicted molar refractivity (Wildman–Crippen MR) is 75.6 cm³/mol. The largest absolute Gasteiger partial charge is 0.466 e. The maximum absolute atomic E-state index is 11.3. The molecule has 0 unspecified atom stereocenters. The number of rotatable bonds is 7. The van der Waals surface area contributed by atoms with Crippen LogP contribution < -0.4 is 5.32 Å². The van der Waals surface area contributed by atoms with Crippen molar-refractivity contribution in [3.8, 4) is 0 Å². The number of thiazole rings is 1. The molecule has 2 aromatic heterocycles. The van der Waals surface area contributed by atoms with Crippen molar-refractivity contribution in [2.24, 2.45) is 0 Å². The highest BCUT2D eigenvalue weighted by Gasteiger charge is 2.07. The molecule has 2 rings (SSSR count). The predicted octanol–water partition coefficient (Wildman–Crippen LogP) is 2.55. The molecule has 20 heavy (non-hydrogen) atoms. The Balaban J connectivity index is 1.78. The average molecular weight is 295 g/mol. The maximum Gasteiger partial charge on any atom is 0.306 e. The van der Waals surface area contributed by atoms with Crippen LogP contribution in [0.2, 0.25) is 0 Å². The Hall–Kier alpha value is -1.89. The first-order valence-corrected chi connectivity index (χ1v) is 7.31. The van der Waals surface area contributed by atoms with Gasteiger partial charge >= 0.3 is 5.97 Å². The Morgan fingerprint density at radius 2 is 2.35 bits per heavy atom. The highest BCUT2D eigenvalue weighted by Crippen LogP contribution is 2.17. The van der Waals surface area contributed by atoms with Crippen LogP contribution in [0.25, 0.3) is 0 Å². The fourth-order valence-corrected chi connectivity index (χ4v) is 2.38. The Morgan fingerprint density at radius 1 is 1.50 bits per heavy atom. The van der Waals surface area contributed by atoms with E-state index in [1.807, 2.05) is 18.4 Å². The van der Waals surface area contributed by atoms with E-state index in [-0.39, 0.29) is 5.97 Å². The van der Waals surface area contributed by atoms with Crippen molar-refractivity contribution in [2.45, 2.75) is 33.2 Å². The molecule has 0 saturated heterocycles. The number of anilines is 1. The molecule has 0 atom stereocenters. The first kappa shape index (κ1) is 14.5. The van der Waals surface area contributed by atoms with Crippen LogP contribution in [0.5, 0.6) is 0 Å². The van der Waals surface area contributed by atoms with Crippen LogP contribution in [0.3, 0.4) is 0 Å². The van der Waals surface area contributed by atoms with E-state index in [9.17, 15) is 4.79 Å². The number of ether oxygens (including phenoxy) is 1. The molecule has 0 aromatic carbocycles. The zero-order valence-corrected chi connectivity index (χ0v) is 12.3. The second kappa shape index (κ2) is 7.04. The monoisotopic (exact) mass is 295 g/mol. The van der Waals surface area contributed by atoms with Crippen LogP contribution >= 0.6 is 11.3 Å². The van der Waals surface area contributed by atoms with Gasteiger partial charge in [-0.3, -0.25) is 4.79 Å². The van der Waals surface area contributed by atoms with Gasteiger partial charge in [0.2, 0.25) is 0 Å². The molecule has 0 saturated carbocycles. The van der Waals surface area contributed by atoms with E-state index < -0.39 is 0 Å². The summed E-state index contributed by atoms with van der Waals surface area (Å²) in [5.41, 5.74) is 1.73. The van der Waals surface area contributed by atoms with Gasteiger partial charge in [-0.25, -0.2) is 4.98 Å². The number of carbonyl (C=O) groups is 1. The van der Waals surface area contributed by atoms with Gasteiger partial charge in [0.05, 0.1) is 25.3 Å². The SMILES string of the molecule is CCOC(=O)CCc1csc(NCc2cc(C)on2)n1. The molecule has 0 amide bonds. The molecular formula is C13H17N3O3S. The summed E-state index contributed by atoms with van der Waals surface area (Å²) in [7, 11) is 0. The van der Waals surface area contributed by atoms with Gasteiger partial charge in [-0.1, -0.05) is 5.16 Å². The van der Waals surface area contributed by atoms with E-state index in [1.165, 1.54) is 11.3 Å². The highest BCUT2D eigenvalue weighted by atomic mass is 32.1. The Bertz CT molecular complexity index is 565. The zero-order valence-electron chi connectivity index (χ0n) is 11.5. The number of aromatic nitrogens is 2. The van der Waals surface area contributed by atoms with E-state index in [0.717, 1.165) is 22.3 Å². The van der Waals surface area contributed by atoms with Gasteiger partial charge in [-0.15, -0.1) is 11.3 Å². The number of nitrogens with one attached hydrogen (secondary N) is 1. The molecule has 6 nitrogen and oxygen atoms in total. The topological polar surface area (TPSA) is 77.2 Å². The van der Waals surface area contributed by atoms with Crippen LogP contribution in [0.15, 0.2) is 16.0 Å². The minimum Gasteiger partial charge on any atom is -0.466 e.